The van der Waals surface area contributed by atoms with Gasteiger partial charge in [-0.3, -0.25) is 4.90 Å². The second-order valence-electron chi connectivity index (χ2n) is 6.00. The van der Waals surface area contributed by atoms with Gasteiger partial charge in [0.2, 0.25) is 0 Å². The van der Waals surface area contributed by atoms with Crippen molar-refractivity contribution in [3.05, 3.63) is 40.2 Å². The molecule has 112 valence electrons. The van der Waals surface area contributed by atoms with E-state index in [9.17, 15) is 9.59 Å². The number of aryl methyl sites for hydroxylation is 1. The molecule has 0 radical (unpaired) electrons. The number of hydrogen-bond acceptors (Lipinski definition) is 4. The largest absolute Gasteiger partial charge is 0.443 e. The van der Waals surface area contributed by atoms with E-state index in [-0.39, 0.29) is 5.69 Å². The molecule has 2 rings (SSSR count). The van der Waals surface area contributed by atoms with Gasteiger partial charge in [-0.15, -0.1) is 0 Å². The van der Waals surface area contributed by atoms with E-state index in [0.717, 1.165) is 15.8 Å². The summed E-state index contributed by atoms with van der Waals surface area (Å²) >= 11 is 0. The van der Waals surface area contributed by atoms with Crippen LogP contribution in [-0.4, -0.2) is 18.7 Å². The quantitative estimate of drug-likeness (QED) is 0.754. The zero-order chi connectivity index (χ0) is 15.8. The van der Waals surface area contributed by atoms with Crippen molar-refractivity contribution in [3.63, 3.8) is 0 Å². The Morgan fingerprint density at radius 1 is 1.24 bits per heavy atom. The molecule has 5 nitrogen and oxygen atoms in total. The van der Waals surface area contributed by atoms with Crippen molar-refractivity contribution >= 4 is 22.7 Å². The minimum atomic E-state index is -0.626. The summed E-state index contributed by atoms with van der Waals surface area (Å²) in [5.41, 5.74) is 0.460. The predicted octanol–water partition coefficient (Wildman–Crippen LogP) is 3.47. The first-order valence-electron chi connectivity index (χ1n) is 6.68. The molecule has 0 aliphatic carbocycles. The van der Waals surface area contributed by atoms with Gasteiger partial charge in [0.15, 0.2) is 0 Å². The number of hydrogen-bond donors (Lipinski definition) is 0. The average molecular weight is 289 g/mol. The van der Waals surface area contributed by atoms with Crippen molar-refractivity contribution in [2.24, 2.45) is 0 Å². The highest BCUT2D eigenvalue weighted by Crippen LogP contribution is 2.20. The SMILES string of the molecule is Cc1ccc2cc(N(C)C(=O)OC(C)(C)C)c(=O)oc2c1. The summed E-state index contributed by atoms with van der Waals surface area (Å²) in [6, 6.07) is 7.18. The van der Waals surface area contributed by atoms with E-state index >= 15 is 0 Å². The Bertz CT molecular complexity index is 740. The number of ether oxygens (including phenoxy) is 1. The number of nitrogens with zero attached hydrogens (tertiary/aromatic N) is 1. The lowest BCUT2D eigenvalue weighted by Gasteiger charge is -2.24. The molecule has 0 saturated heterocycles. The molecule has 0 spiro atoms. The minimum absolute atomic E-state index is 0.153. The van der Waals surface area contributed by atoms with Gasteiger partial charge in [0, 0.05) is 12.4 Å². The predicted molar refractivity (Wildman–Crippen MR) is 81.9 cm³/mol. The van der Waals surface area contributed by atoms with Crippen molar-refractivity contribution in [1.29, 1.82) is 0 Å². The second-order valence-corrected chi connectivity index (χ2v) is 6.00. The van der Waals surface area contributed by atoms with Crippen LogP contribution in [0.2, 0.25) is 0 Å². The number of carbonyl (C=O) groups excluding carboxylic acids is 1. The van der Waals surface area contributed by atoms with Crippen molar-refractivity contribution in [2.75, 3.05) is 11.9 Å². The van der Waals surface area contributed by atoms with Gasteiger partial charge in [0.1, 0.15) is 16.9 Å². The monoisotopic (exact) mass is 289 g/mol. The fourth-order valence-electron chi connectivity index (χ4n) is 1.87. The second kappa shape index (κ2) is 5.24. The van der Waals surface area contributed by atoms with Crippen molar-refractivity contribution in [3.8, 4) is 0 Å². The molecule has 1 amide bonds. The molecule has 1 aromatic carbocycles. The molecule has 1 aromatic heterocycles. The lowest BCUT2D eigenvalue weighted by atomic mass is 10.1. The van der Waals surface area contributed by atoms with Gasteiger partial charge in [-0.25, -0.2) is 9.59 Å². The maximum atomic E-state index is 12.0. The van der Waals surface area contributed by atoms with Crippen LogP contribution in [0.15, 0.2) is 33.5 Å². The van der Waals surface area contributed by atoms with Crippen LogP contribution in [0.5, 0.6) is 0 Å². The lowest BCUT2D eigenvalue weighted by molar-refractivity contribution is 0.0588. The van der Waals surface area contributed by atoms with Gasteiger partial charge in [-0.2, -0.15) is 0 Å². The summed E-state index contributed by atoms with van der Waals surface area (Å²) in [5, 5.41) is 0.755. The highest BCUT2D eigenvalue weighted by molar-refractivity contribution is 5.90. The molecular formula is C16H19NO4. The Labute approximate surface area is 123 Å². The Kier molecular flexibility index (Phi) is 3.77. The molecule has 2 aromatic rings. The first kappa shape index (κ1) is 15.1. The van der Waals surface area contributed by atoms with Gasteiger partial charge in [-0.1, -0.05) is 12.1 Å². The van der Waals surface area contributed by atoms with Crippen LogP contribution in [0, 0.1) is 6.92 Å². The summed E-state index contributed by atoms with van der Waals surface area (Å²) in [6.45, 7) is 7.22. The minimum Gasteiger partial charge on any atom is -0.443 e. The normalized spacial score (nSPS) is 11.5. The third-order valence-electron chi connectivity index (χ3n) is 2.90. The molecule has 0 aliphatic heterocycles. The van der Waals surface area contributed by atoms with Crippen molar-refractivity contribution in [2.45, 2.75) is 33.3 Å². The first-order chi connectivity index (χ1) is 9.67. The number of rotatable bonds is 1. The maximum Gasteiger partial charge on any atom is 0.414 e. The Hall–Kier alpha value is -2.30. The molecule has 0 fully saturated rings. The zero-order valence-electron chi connectivity index (χ0n) is 12.9. The van der Waals surface area contributed by atoms with Crippen LogP contribution < -0.4 is 10.5 Å². The van der Waals surface area contributed by atoms with E-state index in [2.05, 4.69) is 0 Å². The number of fused-ring (bicyclic) bond motifs is 1. The van der Waals surface area contributed by atoms with E-state index in [1.165, 1.54) is 7.05 Å². The molecule has 0 aliphatic rings. The molecule has 1 heterocycles. The van der Waals surface area contributed by atoms with Crippen molar-refractivity contribution < 1.29 is 13.9 Å². The zero-order valence-corrected chi connectivity index (χ0v) is 12.9. The van der Waals surface area contributed by atoms with Gasteiger partial charge in [0.05, 0.1) is 0 Å². The molecule has 5 heteroatoms. The number of amides is 1. The third kappa shape index (κ3) is 3.42. The van der Waals surface area contributed by atoms with E-state index < -0.39 is 17.3 Å². The molecule has 0 bridgehead atoms. The maximum absolute atomic E-state index is 12.0. The number of anilines is 1. The molecule has 21 heavy (non-hydrogen) atoms. The van der Waals surface area contributed by atoms with E-state index in [0.29, 0.717) is 5.58 Å². The summed E-state index contributed by atoms with van der Waals surface area (Å²) in [4.78, 5) is 25.2. The van der Waals surface area contributed by atoms with Gasteiger partial charge in [0.25, 0.3) is 0 Å². The van der Waals surface area contributed by atoms with E-state index in [4.69, 9.17) is 9.15 Å². The first-order valence-corrected chi connectivity index (χ1v) is 6.68. The van der Waals surface area contributed by atoms with Crippen LogP contribution in [0.3, 0.4) is 0 Å². The van der Waals surface area contributed by atoms with Crippen molar-refractivity contribution in [1.82, 2.24) is 0 Å². The van der Waals surface area contributed by atoms with Crippen LogP contribution in [-0.2, 0) is 4.74 Å². The van der Waals surface area contributed by atoms with Gasteiger partial charge < -0.3 is 9.15 Å². The molecule has 0 saturated carbocycles. The highest BCUT2D eigenvalue weighted by atomic mass is 16.6. The fraction of sp³-hybridized carbons (Fsp3) is 0.375. The van der Waals surface area contributed by atoms with Crippen LogP contribution >= 0.6 is 0 Å². The summed E-state index contributed by atoms with van der Waals surface area (Å²) < 4.78 is 10.5. The topological polar surface area (TPSA) is 59.8 Å². The fourth-order valence-corrected chi connectivity index (χ4v) is 1.87. The number of benzene rings is 1. The molecular weight excluding hydrogens is 270 g/mol. The molecule has 0 unspecified atom stereocenters. The van der Waals surface area contributed by atoms with E-state index in [1.54, 1.807) is 32.9 Å². The highest BCUT2D eigenvalue weighted by Gasteiger charge is 2.23. The molecule has 0 atom stereocenters. The third-order valence-corrected chi connectivity index (χ3v) is 2.90. The van der Waals surface area contributed by atoms with Crippen LogP contribution in [0.4, 0.5) is 10.5 Å². The summed E-state index contributed by atoms with van der Waals surface area (Å²) in [5.74, 6) is 0. The van der Waals surface area contributed by atoms with Gasteiger partial charge in [-0.05, 0) is 45.4 Å². The average Bonchev–Trinajstić information content (AvgIpc) is 2.35. The standard InChI is InChI=1S/C16H19NO4/c1-10-6-7-11-9-12(14(18)20-13(11)8-10)17(5)15(19)21-16(2,3)4/h6-9H,1-5H3. The van der Waals surface area contributed by atoms with Crippen LogP contribution in [0.1, 0.15) is 26.3 Å². The Morgan fingerprint density at radius 3 is 2.52 bits per heavy atom. The lowest BCUT2D eigenvalue weighted by Crippen LogP contribution is -2.36. The Morgan fingerprint density at radius 2 is 1.90 bits per heavy atom. The molecule has 0 N–H and O–H groups in total. The van der Waals surface area contributed by atoms with E-state index in [1.807, 2.05) is 19.1 Å². The summed E-state index contributed by atoms with van der Waals surface area (Å²) in [7, 11) is 1.49. The smallest absolute Gasteiger partial charge is 0.414 e. The Balaban J connectivity index is 2.42. The van der Waals surface area contributed by atoms with Gasteiger partial charge >= 0.3 is 11.7 Å². The summed E-state index contributed by atoms with van der Waals surface area (Å²) in [6.07, 6.45) is -0.596. The van der Waals surface area contributed by atoms with Crippen LogP contribution in [0.25, 0.3) is 11.0 Å². The number of carbonyl (C=O) groups is 1.